The Kier molecular flexibility index (Phi) is 11.5. The van der Waals surface area contributed by atoms with Crippen molar-refractivity contribution in [1.29, 1.82) is 0 Å². The van der Waals surface area contributed by atoms with Crippen LogP contribution < -0.4 is 9.47 Å². The Bertz CT molecular complexity index is 669. The molecule has 2 nitrogen and oxygen atoms in total. The van der Waals surface area contributed by atoms with Crippen LogP contribution in [-0.4, -0.2) is 10.0 Å². The number of hydrogen-bond donors (Lipinski definition) is 0. The molecule has 1 aromatic heterocycles. The van der Waals surface area contributed by atoms with E-state index in [1.54, 1.807) is 11.3 Å². The molecule has 0 aliphatic heterocycles. The summed E-state index contributed by atoms with van der Waals surface area (Å²) in [4.78, 5) is 1.14. The molecular weight excluding hydrogens is 568 g/mol. The highest BCUT2D eigenvalue weighted by molar-refractivity contribution is 9.11. The Hall–Kier alpha value is -0.0400. The summed E-state index contributed by atoms with van der Waals surface area (Å²) in [5, 5.41) is 0.00143. The van der Waals surface area contributed by atoms with Gasteiger partial charge in [-0.15, -0.1) is 11.3 Å². The average Bonchev–Trinajstić information content (AvgIpc) is 3.08. The first kappa shape index (κ1) is 24.2. The van der Waals surface area contributed by atoms with Gasteiger partial charge in [0.1, 0.15) is 11.5 Å². The number of alkyl halides is 2. The Morgan fingerprint density at radius 1 is 0.821 bits per heavy atom. The third-order valence-electron chi connectivity index (χ3n) is 4.39. The van der Waals surface area contributed by atoms with Crippen molar-refractivity contribution < 1.29 is 9.47 Å². The van der Waals surface area contributed by atoms with Crippen LogP contribution in [0.5, 0.6) is 11.5 Å². The Morgan fingerprint density at radius 3 is 1.79 bits per heavy atom. The zero-order valence-corrected chi connectivity index (χ0v) is 22.1. The van der Waals surface area contributed by atoms with Gasteiger partial charge in [0.15, 0.2) is 10.0 Å². The summed E-state index contributed by atoms with van der Waals surface area (Å²) >= 11 is 12.7. The fourth-order valence-electron chi connectivity index (χ4n) is 2.90. The molecule has 0 saturated heterocycles. The Labute approximate surface area is 198 Å². The molecule has 2 rings (SSSR count). The SMILES string of the molecule is CCCCCC(Br)Oc1cccc(OC(Br)CCCCC)c1-c1ccc(Br)s1. The van der Waals surface area contributed by atoms with Gasteiger partial charge in [-0.3, -0.25) is 0 Å². The summed E-state index contributed by atoms with van der Waals surface area (Å²) in [6, 6.07) is 10.3. The number of halogens is 3. The smallest absolute Gasteiger partial charge is 0.153 e. The molecule has 2 aromatic rings. The second-order valence-electron chi connectivity index (χ2n) is 6.78. The van der Waals surface area contributed by atoms with Gasteiger partial charge in [0, 0.05) is 4.88 Å². The molecule has 2 unspecified atom stereocenters. The second-order valence-corrected chi connectivity index (χ2v) is 11.3. The molecule has 0 amide bonds. The van der Waals surface area contributed by atoms with Crippen molar-refractivity contribution in [2.45, 2.75) is 75.2 Å². The van der Waals surface area contributed by atoms with E-state index in [0.29, 0.717) is 0 Å². The van der Waals surface area contributed by atoms with E-state index in [1.807, 2.05) is 18.2 Å². The van der Waals surface area contributed by atoms with Gasteiger partial charge < -0.3 is 9.47 Å². The van der Waals surface area contributed by atoms with Crippen LogP contribution in [-0.2, 0) is 0 Å². The lowest BCUT2D eigenvalue weighted by molar-refractivity contribution is 0.266. The molecular formula is C22H29Br3O2S. The minimum Gasteiger partial charge on any atom is -0.478 e. The van der Waals surface area contributed by atoms with Gasteiger partial charge >= 0.3 is 0 Å². The Morgan fingerprint density at radius 2 is 1.36 bits per heavy atom. The number of ether oxygens (including phenoxy) is 2. The van der Waals surface area contributed by atoms with Crippen molar-refractivity contribution >= 4 is 59.1 Å². The molecule has 0 bridgehead atoms. The zero-order chi connectivity index (χ0) is 20.4. The van der Waals surface area contributed by atoms with E-state index in [0.717, 1.165) is 51.4 Å². The summed E-state index contributed by atoms with van der Waals surface area (Å²) in [6.45, 7) is 4.43. The summed E-state index contributed by atoms with van der Waals surface area (Å²) < 4.78 is 13.7. The standard InChI is InChI=1S/C22H29Br3O2S/c1-3-5-7-12-19(23)26-16-10-9-11-17(27-20(24)13-8-6-4-2)22(16)18-14-15-21(25)28-18/h9-11,14-15,19-20H,3-8,12-13H2,1-2H3. The molecule has 0 saturated carbocycles. The second kappa shape index (κ2) is 13.3. The maximum Gasteiger partial charge on any atom is 0.153 e. The number of benzene rings is 1. The lowest BCUT2D eigenvalue weighted by Gasteiger charge is -2.20. The topological polar surface area (TPSA) is 18.5 Å². The van der Waals surface area contributed by atoms with Gasteiger partial charge in [0.05, 0.1) is 9.35 Å². The van der Waals surface area contributed by atoms with E-state index >= 15 is 0 Å². The van der Waals surface area contributed by atoms with Crippen LogP contribution in [0.1, 0.15) is 65.2 Å². The summed E-state index contributed by atoms with van der Waals surface area (Å²) in [5.41, 5.74) is 1.03. The highest BCUT2D eigenvalue weighted by Gasteiger charge is 2.19. The van der Waals surface area contributed by atoms with Crippen LogP contribution in [0.4, 0.5) is 0 Å². The Balaban J connectivity index is 2.21. The van der Waals surface area contributed by atoms with Crippen molar-refractivity contribution in [3.05, 3.63) is 34.1 Å². The average molecular weight is 597 g/mol. The molecule has 0 spiro atoms. The number of hydrogen-bond acceptors (Lipinski definition) is 3. The molecule has 0 aliphatic rings. The van der Waals surface area contributed by atoms with E-state index in [9.17, 15) is 0 Å². The minimum absolute atomic E-state index is 0.000717. The van der Waals surface area contributed by atoms with Gasteiger partial charge in [-0.25, -0.2) is 0 Å². The number of rotatable bonds is 13. The van der Waals surface area contributed by atoms with E-state index in [4.69, 9.17) is 9.47 Å². The molecule has 28 heavy (non-hydrogen) atoms. The molecule has 2 atom stereocenters. The molecule has 6 heteroatoms. The summed E-state index contributed by atoms with van der Waals surface area (Å²) in [7, 11) is 0. The molecule has 0 aliphatic carbocycles. The van der Waals surface area contributed by atoms with Crippen molar-refractivity contribution in [2.75, 3.05) is 0 Å². The number of thiophene rings is 1. The van der Waals surface area contributed by atoms with Crippen LogP contribution in [0.25, 0.3) is 10.4 Å². The molecule has 1 aromatic carbocycles. The quantitative estimate of drug-likeness (QED) is 0.169. The van der Waals surface area contributed by atoms with Crippen LogP contribution in [0, 0.1) is 0 Å². The van der Waals surface area contributed by atoms with Crippen molar-refractivity contribution in [2.24, 2.45) is 0 Å². The molecule has 0 fully saturated rings. The molecule has 1 heterocycles. The van der Waals surface area contributed by atoms with Gasteiger partial charge in [-0.2, -0.15) is 0 Å². The number of unbranched alkanes of at least 4 members (excludes halogenated alkanes) is 4. The highest BCUT2D eigenvalue weighted by Crippen LogP contribution is 2.44. The van der Waals surface area contributed by atoms with Gasteiger partial charge in [0.2, 0.25) is 0 Å². The maximum atomic E-state index is 6.29. The fraction of sp³-hybridized carbons (Fsp3) is 0.545. The molecule has 0 radical (unpaired) electrons. The lowest BCUT2D eigenvalue weighted by Crippen LogP contribution is -2.11. The van der Waals surface area contributed by atoms with Crippen molar-refractivity contribution in [3.63, 3.8) is 0 Å². The first-order chi connectivity index (χ1) is 13.5. The fourth-order valence-corrected chi connectivity index (χ4v) is 5.39. The van der Waals surface area contributed by atoms with E-state index < -0.39 is 0 Å². The van der Waals surface area contributed by atoms with E-state index in [1.165, 1.54) is 25.7 Å². The predicted octanol–water partition coefficient (Wildman–Crippen LogP) is 9.54. The minimum atomic E-state index is 0.000717. The predicted molar refractivity (Wildman–Crippen MR) is 132 cm³/mol. The first-order valence-electron chi connectivity index (χ1n) is 10.0. The summed E-state index contributed by atoms with van der Waals surface area (Å²) in [5.74, 6) is 1.72. The first-order valence-corrected chi connectivity index (χ1v) is 13.5. The monoisotopic (exact) mass is 594 g/mol. The summed E-state index contributed by atoms with van der Waals surface area (Å²) in [6.07, 6.45) is 9.16. The van der Waals surface area contributed by atoms with Crippen LogP contribution in [0.3, 0.4) is 0 Å². The van der Waals surface area contributed by atoms with E-state index in [2.05, 4.69) is 73.8 Å². The maximum absolute atomic E-state index is 6.29. The molecule has 156 valence electrons. The van der Waals surface area contributed by atoms with E-state index in [-0.39, 0.29) is 10.0 Å². The van der Waals surface area contributed by atoms with Crippen molar-refractivity contribution in [3.8, 4) is 21.9 Å². The molecule has 0 N–H and O–H groups in total. The van der Waals surface area contributed by atoms with Crippen LogP contribution in [0.2, 0.25) is 0 Å². The normalized spacial score (nSPS) is 13.3. The lowest BCUT2D eigenvalue weighted by atomic mass is 10.1. The van der Waals surface area contributed by atoms with Gasteiger partial charge in [-0.05, 0) is 97.7 Å². The largest absolute Gasteiger partial charge is 0.478 e. The zero-order valence-electron chi connectivity index (χ0n) is 16.6. The van der Waals surface area contributed by atoms with Gasteiger partial charge in [-0.1, -0.05) is 45.6 Å². The van der Waals surface area contributed by atoms with Crippen LogP contribution >= 0.6 is 59.1 Å². The van der Waals surface area contributed by atoms with Gasteiger partial charge in [0.25, 0.3) is 0 Å². The van der Waals surface area contributed by atoms with Crippen LogP contribution in [0.15, 0.2) is 34.1 Å². The van der Waals surface area contributed by atoms with Crippen molar-refractivity contribution in [1.82, 2.24) is 0 Å². The third-order valence-corrected chi connectivity index (χ3v) is 7.32. The highest BCUT2D eigenvalue weighted by atomic mass is 79.9. The third kappa shape index (κ3) is 8.00.